The Morgan fingerprint density at radius 1 is 1.56 bits per heavy atom. The number of aryl methyl sites for hydroxylation is 1. The maximum Gasteiger partial charge on any atom is 0.161 e. The summed E-state index contributed by atoms with van der Waals surface area (Å²) < 4.78 is 0. The summed E-state index contributed by atoms with van der Waals surface area (Å²) in [5.41, 5.74) is 2.15. The van der Waals surface area contributed by atoms with Crippen LogP contribution in [-0.4, -0.2) is 17.0 Å². The molecule has 1 aliphatic heterocycles. The lowest BCUT2D eigenvalue weighted by molar-refractivity contribution is 0.738. The number of anilines is 1. The molecular formula is C12H15ClN2S. The molecule has 0 bridgehead atoms. The van der Waals surface area contributed by atoms with E-state index in [1.807, 2.05) is 18.2 Å². The number of halogens is 1. The van der Waals surface area contributed by atoms with E-state index in [4.69, 9.17) is 11.6 Å². The Bertz CT molecular complexity index is 417. The van der Waals surface area contributed by atoms with Gasteiger partial charge in [-0.2, -0.15) is 0 Å². The molecule has 1 heterocycles. The maximum absolute atomic E-state index is 6.12. The number of nitrogens with zero attached hydrogens (tertiary/aromatic N) is 1. The van der Waals surface area contributed by atoms with Crippen molar-refractivity contribution in [3.63, 3.8) is 0 Å². The van der Waals surface area contributed by atoms with E-state index in [1.54, 1.807) is 11.8 Å². The van der Waals surface area contributed by atoms with E-state index in [-0.39, 0.29) is 0 Å². The number of hydrogen-bond donors (Lipinski definition) is 1. The number of aliphatic imine (C=N–C) groups is 1. The SMILES string of the molecule is CCC1CSC(Nc2cc(C)ccc2Cl)=N1. The third kappa shape index (κ3) is 2.71. The molecule has 2 nitrogen and oxygen atoms in total. The van der Waals surface area contributed by atoms with Crippen molar-refractivity contribution in [2.45, 2.75) is 26.3 Å². The highest BCUT2D eigenvalue weighted by atomic mass is 35.5. The van der Waals surface area contributed by atoms with Crippen LogP contribution in [-0.2, 0) is 0 Å². The Morgan fingerprint density at radius 2 is 2.38 bits per heavy atom. The molecule has 1 unspecified atom stereocenters. The third-order valence-corrected chi connectivity index (χ3v) is 3.91. The van der Waals surface area contributed by atoms with Crippen molar-refractivity contribution in [2.24, 2.45) is 4.99 Å². The van der Waals surface area contributed by atoms with Crippen LogP contribution >= 0.6 is 23.4 Å². The summed E-state index contributed by atoms with van der Waals surface area (Å²) in [7, 11) is 0. The van der Waals surface area contributed by atoms with Crippen molar-refractivity contribution < 1.29 is 0 Å². The third-order valence-electron chi connectivity index (χ3n) is 2.55. The molecule has 1 aromatic rings. The largest absolute Gasteiger partial charge is 0.334 e. The van der Waals surface area contributed by atoms with Crippen molar-refractivity contribution in [1.29, 1.82) is 0 Å². The molecule has 0 saturated carbocycles. The van der Waals surface area contributed by atoms with E-state index in [0.717, 1.165) is 28.1 Å². The highest BCUT2D eigenvalue weighted by molar-refractivity contribution is 8.14. The van der Waals surface area contributed by atoms with Gasteiger partial charge in [0.2, 0.25) is 0 Å². The number of nitrogens with one attached hydrogen (secondary N) is 1. The average molecular weight is 255 g/mol. The van der Waals surface area contributed by atoms with Crippen LogP contribution in [0.5, 0.6) is 0 Å². The second-order valence-electron chi connectivity index (χ2n) is 3.92. The van der Waals surface area contributed by atoms with Gasteiger partial charge in [0.25, 0.3) is 0 Å². The lowest BCUT2D eigenvalue weighted by Crippen LogP contribution is -2.06. The van der Waals surface area contributed by atoms with Gasteiger partial charge in [0, 0.05) is 5.75 Å². The zero-order valence-corrected chi connectivity index (χ0v) is 11.0. The summed E-state index contributed by atoms with van der Waals surface area (Å²) in [6.45, 7) is 4.22. The molecule has 1 atom stereocenters. The van der Waals surface area contributed by atoms with Gasteiger partial charge in [-0.1, -0.05) is 36.4 Å². The first-order chi connectivity index (χ1) is 7.69. The number of benzene rings is 1. The molecular weight excluding hydrogens is 240 g/mol. The Hall–Kier alpha value is -0.670. The van der Waals surface area contributed by atoms with Gasteiger partial charge in [-0.15, -0.1) is 0 Å². The van der Waals surface area contributed by atoms with Crippen LogP contribution in [0.4, 0.5) is 5.69 Å². The first-order valence-electron chi connectivity index (χ1n) is 5.43. The van der Waals surface area contributed by atoms with E-state index in [0.29, 0.717) is 6.04 Å². The normalized spacial score (nSPS) is 19.7. The summed E-state index contributed by atoms with van der Waals surface area (Å²) in [5, 5.41) is 5.03. The van der Waals surface area contributed by atoms with Crippen molar-refractivity contribution in [3.8, 4) is 0 Å². The van der Waals surface area contributed by atoms with Crippen LogP contribution in [0.25, 0.3) is 0 Å². The minimum absolute atomic E-state index is 0.455. The van der Waals surface area contributed by atoms with Crippen molar-refractivity contribution in [3.05, 3.63) is 28.8 Å². The monoisotopic (exact) mass is 254 g/mol. The summed E-state index contributed by atoms with van der Waals surface area (Å²) in [6.07, 6.45) is 1.10. The number of rotatable bonds is 2. The van der Waals surface area contributed by atoms with Crippen LogP contribution in [0.2, 0.25) is 5.02 Å². The Labute approximate surface area is 105 Å². The molecule has 2 rings (SSSR count). The molecule has 0 spiro atoms. The van der Waals surface area contributed by atoms with Crippen LogP contribution in [0.3, 0.4) is 0 Å². The van der Waals surface area contributed by atoms with Gasteiger partial charge in [0.15, 0.2) is 5.17 Å². The molecule has 0 aliphatic carbocycles. The molecule has 4 heteroatoms. The second-order valence-corrected chi connectivity index (χ2v) is 5.33. The van der Waals surface area contributed by atoms with Gasteiger partial charge in [-0.3, -0.25) is 4.99 Å². The quantitative estimate of drug-likeness (QED) is 0.865. The molecule has 1 aromatic carbocycles. The van der Waals surface area contributed by atoms with Gasteiger partial charge < -0.3 is 5.32 Å². The fourth-order valence-electron chi connectivity index (χ4n) is 1.54. The highest BCUT2D eigenvalue weighted by Crippen LogP contribution is 2.27. The molecule has 0 saturated heterocycles. The average Bonchev–Trinajstić information content (AvgIpc) is 2.71. The topological polar surface area (TPSA) is 24.4 Å². The predicted octanol–water partition coefficient (Wildman–Crippen LogP) is 3.94. The molecule has 86 valence electrons. The van der Waals surface area contributed by atoms with Crippen LogP contribution in [0, 0.1) is 6.92 Å². The van der Waals surface area contributed by atoms with E-state index < -0.39 is 0 Å². The second kappa shape index (κ2) is 5.11. The fourth-order valence-corrected chi connectivity index (χ4v) is 2.77. The lowest BCUT2D eigenvalue weighted by atomic mass is 10.2. The molecule has 0 amide bonds. The van der Waals surface area contributed by atoms with Gasteiger partial charge in [-0.05, 0) is 31.0 Å². The first-order valence-corrected chi connectivity index (χ1v) is 6.79. The molecule has 0 aromatic heterocycles. The Balaban J connectivity index is 2.12. The number of hydrogen-bond acceptors (Lipinski definition) is 3. The van der Waals surface area contributed by atoms with E-state index in [1.165, 1.54) is 5.56 Å². The van der Waals surface area contributed by atoms with Crippen LogP contribution in [0.15, 0.2) is 23.2 Å². The van der Waals surface area contributed by atoms with Crippen molar-refractivity contribution >= 4 is 34.2 Å². The first kappa shape index (κ1) is 11.8. The van der Waals surface area contributed by atoms with Crippen molar-refractivity contribution in [2.75, 3.05) is 11.1 Å². The fraction of sp³-hybridized carbons (Fsp3) is 0.417. The maximum atomic E-state index is 6.12. The highest BCUT2D eigenvalue weighted by Gasteiger charge is 2.16. The molecule has 0 fully saturated rings. The Morgan fingerprint density at radius 3 is 3.06 bits per heavy atom. The molecule has 16 heavy (non-hydrogen) atoms. The van der Waals surface area contributed by atoms with Gasteiger partial charge in [0.1, 0.15) is 0 Å². The minimum Gasteiger partial charge on any atom is -0.334 e. The summed E-state index contributed by atoms with van der Waals surface area (Å²) in [4.78, 5) is 4.58. The smallest absolute Gasteiger partial charge is 0.161 e. The van der Waals surface area contributed by atoms with Crippen LogP contribution < -0.4 is 5.32 Å². The van der Waals surface area contributed by atoms with Gasteiger partial charge >= 0.3 is 0 Å². The zero-order valence-electron chi connectivity index (χ0n) is 9.46. The zero-order chi connectivity index (χ0) is 11.5. The Kier molecular flexibility index (Phi) is 3.77. The van der Waals surface area contributed by atoms with E-state index >= 15 is 0 Å². The number of amidine groups is 1. The van der Waals surface area contributed by atoms with Gasteiger partial charge in [-0.25, -0.2) is 0 Å². The summed E-state index contributed by atoms with van der Waals surface area (Å²) >= 11 is 7.88. The molecule has 0 radical (unpaired) electrons. The van der Waals surface area contributed by atoms with E-state index in [9.17, 15) is 0 Å². The lowest BCUT2D eigenvalue weighted by Gasteiger charge is -2.07. The summed E-state index contributed by atoms with van der Waals surface area (Å²) in [6, 6.07) is 6.42. The predicted molar refractivity (Wildman–Crippen MR) is 73.8 cm³/mol. The number of thioether (sulfide) groups is 1. The standard InChI is InChI=1S/C12H15ClN2S/c1-3-9-7-16-12(14-9)15-11-6-8(2)4-5-10(11)13/h4-6,9H,3,7H2,1-2H3,(H,14,15). The van der Waals surface area contributed by atoms with Gasteiger partial charge in [0.05, 0.1) is 16.8 Å². The minimum atomic E-state index is 0.455. The molecule has 1 N–H and O–H groups in total. The summed E-state index contributed by atoms with van der Waals surface area (Å²) in [5.74, 6) is 1.07. The van der Waals surface area contributed by atoms with E-state index in [2.05, 4.69) is 24.2 Å². The molecule has 1 aliphatic rings. The van der Waals surface area contributed by atoms with Crippen molar-refractivity contribution in [1.82, 2.24) is 0 Å². The van der Waals surface area contributed by atoms with Crippen LogP contribution in [0.1, 0.15) is 18.9 Å².